The third kappa shape index (κ3) is 16.9. The second kappa shape index (κ2) is 24.6. The van der Waals surface area contributed by atoms with Gasteiger partial charge in [-0.3, -0.25) is 36.2 Å². The van der Waals surface area contributed by atoms with Crippen LogP contribution in [0.5, 0.6) is 0 Å². The van der Waals surface area contributed by atoms with Crippen molar-refractivity contribution in [3.63, 3.8) is 0 Å². The first-order valence-corrected chi connectivity index (χ1v) is 28.4. The predicted octanol–water partition coefficient (Wildman–Crippen LogP) is 3.49. The lowest BCUT2D eigenvalue weighted by Crippen LogP contribution is -2.32. The van der Waals surface area contributed by atoms with Crippen molar-refractivity contribution >= 4 is 48.9 Å². The molecule has 388 valence electrons. The maximum Gasteiger partial charge on any atom is 0.472 e. The van der Waals surface area contributed by atoms with Crippen molar-refractivity contribution in [3.05, 3.63) is 0 Å². The van der Waals surface area contributed by atoms with E-state index in [0.29, 0.717) is 63.6 Å². The molecule has 0 bridgehead atoms. The average Bonchev–Trinajstić information content (AvgIpc) is 4.08. The van der Waals surface area contributed by atoms with Gasteiger partial charge in [0.1, 0.15) is 12.2 Å². The molecular formula is C37H73N9O17P4. The minimum atomic E-state index is -4.47. The maximum atomic E-state index is 14.9. The highest BCUT2D eigenvalue weighted by atomic mass is 31.2. The Morgan fingerprint density at radius 2 is 1.04 bits per heavy atom. The van der Waals surface area contributed by atoms with Gasteiger partial charge in [-0.05, 0) is 33.6 Å². The van der Waals surface area contributed by atoms with E-state index in [9.17, 15) is 28.3 Å². The third-order valence-corrected chi connectivity index (χ3v) is 16.3. The molecular weight excluding hydrogens is 966 g/mol. The van der Waals surface area contributed by atoms with E-state index in [-0.39, 0.29) is 65.5 Å². The van der Waals surface area contributed by atoms with Crippen LogP contribution in [-0.4, -0.2) is 228 Å². The van der Waals surface area contributed by atoms with E-state index >= 15 is 0 Å². The number of hydrogen-bond acceptors (Lipinski definition) is 16. The van der Waals surface area contributed by atoms with Crippen LogP contribution in [0.15, 0.2) is 14.3 Å². The summed E-state index contributed by atoms with van der Waals surface area (Å²) < 4.78 is 133. The number of likely N-dealkylation sites (N-methyl/N-ethyl adjacent to an activating group) is 6. The maximum absolute atomic E-state index is 14.9. The molecule has 5 fully saturated rings. The van der Waals surface area contributed by atoms with Crippen LogP contribution in [0.1, 0.15) is 53.4 Å². The zero-order valence-corrected chi connectivity index (χ0v) is 44.0. The normalized spacial score (nSPS) is 26.9. The number of phosphoric acid groups is 1. The van der Waals surface area contributed by atoms with Gasteiger partial charge in [-0.1, -0.05) is 6.92 Å². The van der Waals surface area contributed by atoms with Crippen molar-refractivity contribution in [1.82, 2.24) is 29.4 Å². The lowest BCUT2D eigenvalue weighted by molar-refractivity contribution is -0.114. The van der Waals surface area contributed by atoms with Crippen LogP contribution >= 0.6 is 31.1 Å². The average molecular weight is 1040 g/mol. The van der Waals surface area contributed by atoms with Gasteiger partial charge in [0.05, 0.1) is 50.8 Å². The fourth-order valence-corrected chi connectivity index (χ4v) is 13.0. The number of rotatable bonds is 26. The van der Waals surface area contributed by atoms with Crippen molar-refractivity contribution in [2.75, 3.05) is 134 Å². The van der Waals surface area contributed by atoms with E-state index < -0.39 is 74.0 Å². The van der Waals surface area contributed by atoms with Gasteiger partial charge in [-0.25, -0.2) is 18.3 Å². The van der Waals surface area contributed by atoms with Crippen LogP contribution in [0, 0.1) is 0 Å². The zero-order valence-electron chi connectivity index (χ0n) is 40.4. The lowest BCUT2D eigenvalue weighted by atomic mass is 10.2. The van der Waals surface area contributed by atoms with Crippen molar-refractivity contribution < 1.29 is 78.7 Å². The second-order valence-electron chi connectivity index (χ2n) is 17.7. The van der Waals surface area contributed by atoms with Crippen LogP contribution in [0.25, 0.3) is 0 Å². The number of aliphatic hydroxyl groups is 1. The Bertz CT molecular complexity index is 1880. The molecule has 5 heterocycles. The van der Waals surface area contributed by atoms with Gasteiger partial charge < -0.3 is 53.6 Å². The summed E-state index contributed by atoms with van der Waals surface area (Å²) in [6, 6.07) is 0. The van der Waals surface area contributed by atoms with E-state index in [2.05, 4.69) is 14.3 Å². The van der Waals surface area contributed by atoms with Crippen LogP contribution < -0.4 is 0 Å². The van der Waals surface area contributed by atoms with Crippen LogP contribution in [-0.2, 0) is 68.7 Å². The molecule has 9 unspecified atom stereocenters. The Kier molecular flexibility index (Phi) is 20.6. The fraction of sp³-hybridized carbons (Fsp3) is 0.919. The molecule has 0 spiro atoms. The van der Waals surface area contributed by atoms with Crippen molar-refractivity contribution in [2.24, 2.45) is 14.3 Å². The number of guanidine groups is 3. The predicted molar refractivity (Wildman–Crippen MR) is 247 cm³/mol. The van der Waals surface area contributed by atoms with E-state index in [1.54, 1.807) is 92.5 Å². The molecule has 5 rings (SSSR count). The van der Waals surface area contributed by atoms with Gasteiger partial charge in [0.15, 0.2) is 6.29 Å². The first kappa shape index (κ1) is 56.1. The van der Waals surface area contributed by atoms with Crippen LogP contribution in [0.2, 0.25) is 0 Å². The Balaban J connectivity index is 1.31. The molecule has 0 aromatic rings. The Labute approximate surface area is 394 Å². The molecule has 9 atom stereocenters. The summed E-state index contributed by atoms with van der Waals surface area (Å²) in [6.45, 7) is 9.09. The minimum Gasteiger partial charge on any atom is -0.391 e. The molecule has 0 aromatic carbocycles. The highest BCUT2D eigenvalue weighted by Crippen LogP contribution is 2.57. The number of aliphatic hydroxyl groups excluding tert-OH is 1. The Morgan fingerprint density at radius 1 is 0.642 bits per heavy atom. The van der Waals surface area contributed by atoms with Gasteiger partial charge in [0, 0.05) is 114 Å². The lowest BCUT2D eigenvalue weighted by Gasteiger charge is -2.28. The Morgan fingerprint density at radius 3 is 1.46 bits per heavy atom. The summed E-state index contributed by atoms with van der Waals surface area (Å²) in [4.78, 5) is 20.9. The first-order chi connectivity index (χ1) is 31.5. The molecule has 2 N–H and O–H groups in total. The van der Waals surface area contributed by atoms with E-state index in [1.807, 2.05) is 6.92 Å². The van der Waals surface area contributed by atoms with E-state index in [1.165, 1.54) is 0 Å². The summed E-state index contributed by atoms with van der Waals surface area (Å²) in [5.41, 5.74) is -0.930. The van der Waals surface area contributed by atoms with Crippen molar-refractivity contribution in [2.45, 2.75) is 89.7 Å². The van der Waals surface area contributed by atoms with Gasteiger partial charge in [0.25, 0.3) is 0 Å². The molecule has 0 aliphatic carbocycles. The summed E-state index contributed by atoms with van der Waals surface area (Å²) >= 11 is 0. The number of hydrogen-bond donors (Lipinski definition) is 2. The van der Waals surface area contributed by atoms with Crippen molar-refractivity contribution in [1.29, 1.82) is 0 Å². The molecule has 26 nitrogen and oxygen atoms in total. The molecule has 30 heteroatoms. The van der Waals surface area contributed by atoms with Crippen molar-refractivity contribution in [3.8, 4) is 0 Å². The van der Waals surface area contributed by atoms with Crippen LogP contribution in [0.3, 0.4) is 0 Å². The summed E-state index contributed by atoms with van der Waals surface area (Å²) in [5.74, 6) is 1.07. The molecule has 0 saturated carbocycles. The highest BCUT2D eigenvalue weighted by molar-refractivity contribution is 7.53. The molecule has 0 aromatic heterocycles. The third-order valence-electron chi connectivity index (χ3n) is 10.7. The first-order valence-electron chi connectivity index (χ1n) is 22.5. The van der Waals surface area contributed by atoms with Gasteiger partial charge in [-0.15, -0.1) is 14.3 Å². The van der Waals surface area contributed by atoms with E-state index in [0.717, 1.165) is 0 Å². The number of nitrogens with zero attached hydrogens (tertiary/aromatic N) is 9. The summed E-state index contributed by atoms with van der Waals surface area (Å²) in [5, 5.41) is 9.99. The second-order valence-corrected chi connectivity index (χ2v) is 23.9. The molecule has 5 saturated heterocycles. The van der Waals surface area contributed by atoms with Gasteiger partial charge in [-0.2, -0.15) is 0 Å². The summed E-state index contributed by atoms with van der Waals surface area (Å²) in [6.07, 6.45) is -3.89. The molecule has 67 heavy (non-hydrogen) atoms. The molecule has 5 aliphatic rings. The number of ether oxygens (including phenoxy) is 3. The standard InChI is InChI=1S/C37H73N9O17P4/c1-11-21-55-33(26-47)62-66(50,40-36-45(9)19-20-46(36)10)59-28-32-30(14-25-54-32)61-65(49,39-35-43(7)17-18-44(35)8)58-27-31-29(13-24-53-31)60-64(48,38-34-41(5)15-16-42(34)6)56-22-12-23-57-67(51,52)63-37(2,3)4/h29-33,47H,11-28H2,1-10H3,(H,51,52). The highest BCUT2D eigenvalue weighted by Gasteiger charge is 2.45. The van der Waals surface area contributed by atoms with Gasteiger partial charge in [0.2, 0.25) is 17.9 Å². The summed E-state index contributed by atoms with van der Waals surface area (Å²) in [7, 11) is -6.81. The van der Waals surface area contributed by atoms with Crippen LogP contribution in [0.4, 0.5) is 0 Å². The largest absolute Gasteiger partial charge is 0.472 e. The van der Waals surface area contributed by atoms with E-state index in [4.69, 9.17) is 50.4 Å². The minimum absolute atomic E-state index is 0.0420. The zero-order chi connectivity index (χ0) is 49.2. The Hall–Kier alpha value is -1.79. The molecule has 5 aliphatic heterocycles. The SMILES string of the molecule is CCCOC(CO)OP(=O)(N=C1N(C)CCN1C)OCC1OCCC1OP(=O)(N=C1N(C)CCN1C)OCC1OCCC1OP(=O)(N=C1N(C)CCN1C)OCCCOP(=O)(O)OC(C)(C)C. The monoisotopic (exact) mass is 1040 g/mol. The molecule has 0 amide bonds. The number of phosphoric ester groups is 1. The van der Waals surface area contributed by atoms with Gasteiger partial charge >= 0.3 is 31.1 Å². The smallest absolute Gasteiger partial charge is 0.391 e. The quantitative estimate of drug-likeness (QED) is 0.0713. The fourth-order valence-electron chi connectivity index (χ4n) is 7.20. The molecule has 0 radical (unpaired) electrons. The topological polar surface area (TPSA) is 267 Å².